The average molecular weight is 621 g/mol. The zero-order chi connectivity index (χ0) is 32.9. The van der Waals surface area contributed by atoms with Crippen LogP contribution in [-0.2, 0) is 28.6 Å². The van der Waals surface area contributed by atoms with Crippen LogP contribution >= 0.6 is 0 Å². The van der Waals surface area contributed by atoms with E-state index in [1.54, 1.807) is 13.8 Å². The summed E-state index contributed by atoms with van der Waals surface area (Å²) in [6.45, 7) is 18.3. The van der Waals surface area contributed by atoms with Gasteiger partial charge in [0.15, 0.2) is 0 Å². The molecule has 0 unspecified atom stereocenters. The average Bonchev–Trinajstić information content (AvgIpc) is 3.42. The van der Waals surface area contributed by atoms with Gasteiger partial charge in [0.1, 0.15) is 24.2 Å². The lowest BCUT2D eigenvalue weighted by Gasteiger charge is -2.71. The number of rotatable bonds is 6. The molecule has 4 saturated carbocycles. The molecule has 5 aliphatic rings. The summed E-state index contributed by atoms with van der Waals surface area (Å²) in [4.78, 5) is 36.2. The van der Waals surface area contributed by atoms with Crippen LogP contribution in [0.25, 0.3) is 0 Å². The Morgan fingerprint density at radius 3 is 2.09 bits per heavy atom. The number of carboxylic acid groups (broad SMARTS) is 1. The van der Waals surface area contributed by atoms with E-state index < -0.39 is 41.3 Å². The van der Waals surface area contributed by atoms with E-state index in [0.29, 0.717) is 32.1 Å². The van der Waals surface area contributed by atoms with E-state index in [4.69, 9.17) is 19.3 Å². The lowest BCUT2D eigenvalue weighted by Crippen LogP contribution is -2.70. The largest absolute Gasteiger partial charge is 0.481 e. The van der Waals surface area contributed by atoms with E-state index in [1.807, 2.05) is 6.92 Å². The Morgan fingerprint density at radius 2 is 1.52 bits per heavy atom. The Bertz CT molecular complexity index is 1190. The van der Waals surface area contributed by atoms with E-state index >= 15 is 0 Å². The van der Waals surface area contributed by atoms with Crippen molar-refractivity contribution in [3.63, 3.8) is 0 Å². The van der Waals surface area contributed by atoms with Crippen molar-refractivity contribution in [2.24, 2.45) is 39.4 Å². The maximum absolute atomic E-state index is 12.9. The van der Waals surface area contributed by atoms with Crippen molar-refractivity contribution < 1.29 is 43.9 Å². The molecule has 0 spiro atoms. The molecule has 1 saturated heterocycles. The van der Waals surface area contributed by atoms with Gasteiger partial charge in [-0.2, -0.15) is 0 Å². The molecule has 0 aromatic heterocycles. The minimum absolute atomic E-state index is 0.140. The minimum Gasteiger partial charge on any atom is -0.481 e. The van der Waals surface area contributed by atoms with Gasteiger partial charge >= 0.3 is 17.9 Å². The highest BCUT2D eigenvalue weighted by atomic mass is 16.6. The van der Waals surface area contributed by atoms with E-state index in [2.05, 4.69) is 34.6 Å². The highest BCUT2D eigenvalue weighted by molar-refractivity contribution is 5.90. The number of aliphatic carboxylic acids is 1. The predicted molar refractivity (Wildman–Crippen MR) is 162 cm³/mol. The van der Waals surface area contributed by atoms with Gasteiger partial charge in [0.25, 0.3) is 0 Å². The third-order valence-electron chi connectivity index (χ3n) is 14.2. The van der Waals surface area contributed by atoms with Crippen molar-refractivity contribution in [3.05, 3.63) is 0 Å². The molecule has 5 fully saturated rings. The van der Waals surface area contributed by atoms with Crippen LogP contribution in [0.15, 0.2) is 0 Å². The molecule has 0 bridgehead atoms. The van der Waals surface area contributed by atoms with Gasteiger partial charge in [-0.25, -0.2) is 0 Å². The standard InChI is InChI=1S/C35H56O9/c1-20(36)42-21-18-23-31(6)13-11-24(43-27(39)19-26(37)38)29(2,3)22(31)10-14-32(23,7)33(8)16-17-35(41,28(21)33)34(9)15-12-25(44-34)30(4,5)40/h21-25,28,40-41H,10-19H2,1-9H3,(H,37,38)/t21-,22+,23-,24+,25-,28-,31+,32-,33-,34+,35+/m1/s1. The van der Waals surface area contributed by atoms with Gasteiger partial charge in [0.2, 0.25) is 0 Å². The number of ether oxygens (including phenoxy) is 3. The SMILES string of the molecule is CC(=O)O[C@@H]1C[C@@H]2[C@@]3(C)CC[C@H](OC(=O)CC(=O)O)C(C)(C)[C@@H]3CC[C@@]2(C)[C@]2(C)CC[C@@](O)([C@]3(C)CC[C@H](C(C)(C)O)O3)[C@H]12. The summed E-state index contributed by atoms with van der Waals surface area (Å²) in [5.41, 5.74) is -4.16. The smallest absolute Gasteiger partial charge is 0.317 e. The highest BCUT2D eigenvalue weighted by Crippen LogP contribution is 2.77. The monoisotopic (exact) mass is 620 g/mol. The molecular weight excluding hydrogens is 564 g/mol. The number of carbonyl (C=O) groups excluding carboxylic acids is 2. The fourth-order valence-electron chi connectivity index (χ4n) is 11.9. The van der Waals surface area contributed by atoms with Gasteiger partial charge in [-0.1, -0.05) is 34.6 Å². The van der Waals surface area contributed by atoms with Crippen LogP contribution < -0.4 is 0 Å². The van der Waals surface area contributed by atoms with Crippen LogP contribution in [0.5, 0.6) is 0 Å². The van der Waals surface area contributed by atoms with Crippen LogP contribution in [-0.4, -0.2) is 68.3 Å². The minimum atomic E-state index is -1.23. The van der Waals surface area contributed by atoms with Crippen molar-refractivity contribution in [2.75, 3.05) is 0 Å². The molecule has 1 aliphatic heterocycles. The lowest BCUT2D eigenvalue weighted by molar-refractivity contribution is -0.280. The topological polar surface area (TPSA) is 140 Å². The number of hydrogen-bond donors (Lipinski definition) is 3. The van der Waals surface area contributed by atoms with Gasteiger partial charge < -0.3 is 29.5 Å². The zero-order valence-electron chi connectivity index (χ0n) is 28.3. The van der Waals surface area contributed by atoms with Crippen LogP contribution in [0.1, 0.15) is 127 Å². The molecule has 1 heterocycles. The molecule has 4 aliphatic carbocycles. The molecule has 0 amide bonds. The van der Waals surface area contributed by atoms with E-state index in [0.717, 1.165) is 25.7 Å². The Hall–Kier alpha value is -1.71. The Morgan fingerprint density at radius 1 is 0.864 bits per heavy atom. The predicted octanol–water partition coefficient (Wildman–Crippen LogP) is 5.42. The maximum atomic E-state index is 12.9. The number of aliphatic hydroxyl groups is 2. The molecule has 0 radical (unpaired) electrons. The Balaban J connectivity index is 1.51. The number of fused-ring (bicyclic) bond motifs is 5. The number of carboxylic acids is 1. The third-order valence-corrected chi connectivity index (χ3v) is 14.2. The molecule has 5 rings (SSSR count). The Labute approximate surface area is 262 Å². The molecule has 11 atom stereocenters. The van der Waals surface area contributed by atoms with Crippen LogP contribution in [0.4, 0.5) is 0 Å². The first-order valence-corrected chi connectivity index (χ1v) is 16.8. The summed E-state index contributed by atoms with van der Waals surface area (Å²) in [6.07, 6.45) is 4.65. The molecule has 0 aromatic rings. The van der Waals surface area contributed by atoms with Crippen molar-refractivity contribution in [1.82, 2.24) is 0 Å². The van der Waals surface area contributed by atoms with E-state index in [9.17, 15) is 24.6 Å². The molecule has 3 N–H and O–H groups in total. The number of esters is 2. The second-order valence-electron chi connectivity index (χ2n) is 17.2. The fourth-order valence-corrected chi connectivity index (χ4v) is 11.9. The summed E-state index contributed by atoms with van der Waals surface area (Å²) >= 11 is 0. The van der Waals surface area contributed by atoms with Crippen LogP contribution in [0.2, 0.25) is 0 Å². The number of hydrogen-bond acceptors (Lipinski definition) is 8. The van der Waals surface area contributed by atoms with Crippen LogP contribution in [0.3, 0.4) is 0 Å². The zero-order valence-corrected chi connectivity index (χ0v) is 28.3. The second kappa shape index (κ2) is 10.4. The summed E-state index contributed by atoms with van der Waals surface area (Å²) in [7, 11) is 0. The summed E-state index contributed by atoms with van der Waals surface area (Å²) < 4.78 is 18.6. The van der Waals surface area contributed by atoms with Gasteiger partial charge in [-0.15, -0.1) is 0 Å². The first-order valence-electron chi connectivity index (χ1n) is 16.8. The fraction of sp³-hybridized carbons (Fsp3) is 0.914. The van der Waals surface area contributed by atoms with Crippen molar-refractivity contribution in [3.8, 4) is 0 Å². The van der Waals surface area contributed by atoms with Gasteiger partial charge in [0.05, 0.1) is 17.3 Å². The van der Waals surface area contributed by atoms with Crippen molar-refractivity contribution >= 4 is 17.9 Å². The molecular formula is C35H56O9. The maximum Gasteiger partial charge on any atom is 0.317 e. The normalized spacial score (nSPS) is 48.1. The summed E-state index contributed by atoms with van der Waals surface area (Å²) in [5.74, 6) is -2.15. The third kappa shape index (κ3) is 4.76. The molecule has 9 heteroatoms. The molecule has 0 aromatic carbocycles. The van der Waals surface area contributed by atoms with E-state index in [1.165, 1.54) is 6.92 Å². The molecule has 250 valence electrons. The summed E-state index contributed by atoms with van der Waals surface area (Å²) in [5, 5.41) is 32.8. The first kappa shape index (κ1) is 33.6. The highest BCUT2D eigenvalue weighted by Gasteiger charge is 2.76. The summed E-state index contributed by atoms with van der Waals surface area (Å²) in [6, 6.07) is 0. The van der Waals surface area contributed by atoms with Gasteiger partial charge in [-0.05, 0) is 107 Å². The quantitative estimate of drug-likeness (QED) is 0.262. The second-order valence-corrected chi connectivity index (χ2v) is 17.2. The molecule has 44 heavy (non-hydrogen) atoms. The first-order chi connectivity index (χ1) is 20.0. The van der Waals surface area contributed by atoms with Crippen molar-refractivity contribution in [1.29, 1.82) is 0 Å². The Kier molecular flexibility index (Phi) is 7.95. The molecule has 9 nitrogen and oxygen atoms in total. The van der Waals surface area contributed by atoms with E-state index in [-0.39, 0.29) is 57.6 Å². The number of carbonyl (C=O) groups is 3. The van der Waals surface area contributed by atoms with Crippen molar-refractivity contribution in [2.45, 2.75) is 162 Å². The van der Waals surface area contributed by atoms with Gasteiger partial charge in [0, 0.05) is 18.3 Å². The van der Waals surface area contributed by atoms with Gasteiger partial charge in [-0.3, -0.25) is 14.4 Å². The van der Waals surface area contributed by atoms with Crippen LogP contribution in [0, 0.1) is 39.4 Å². The lowest BCUT2D eigenvalue weighted by atomic mass is 9.35.